The minimum atomic E-state index is 0.511. The summed E-state index contributed by atoms with van der Waals surface area (Å²) in [5, 5.41) is 0. The van der Waals surface area contributed by atoms with Gasteiger partial charge in [0.2, 0.25) is 5.88 Å². The molecule has 0 radical (unpaired) electrons. The Morgan fingerprint density at radius 2 is 2.12 bits per heavy atom. The highest BCUT2D eigenvalue weighted by molar-refractivity contribution is 14.1. The van der Waals surface area contributed by atoms with Crippen LogP contribution in [0.25, 0.3) is 0 Å². The number of ether oxygens (including phenoxy) is 1. The van der Waals surface area contributed by atoms with Crippen LogP contribution in [0, 0.1) is 3.57 Å². The summed E-state index contributed by atoms with van der Waals surface area (Å²) in [5.41, 5.74) is 6.75. The van der Waals surface area contributed by atoms with Gasteiger partial charge in [-0.05, 0) is 28.2 Å². The number of nitrogens with two attached hydrogens (primary N) is 1. The average molecular weight is 342 g/mol. The molecule has 0 unspecified atom stereocenters. The molecule has 0 aromatic carbocycles. The van der Waals surface area contributed by atoms with E-state index in [0.717, 1.165) is 9.13 Å². The third-order valence-electron chi connectivity index (χ3n) is 2.19. The first-order valence-electron chi connectivity index (χ1n) is 4.95. The van der Waals surface area contributed by atoms with Crippen molar-refractivity contribution >= 4 is 28.4 Å². The molecule has 2 N–H and O–H groups in total. The molecular formula is C11H11IN4O. The summed E-state index contributed by atoms with van der Waals surface area (Å²) in [4.78, 5) is 12.6. The Morgan fingerprint density at radius 1 is 1.29 bits per heavy atom. The maximum Gasteiger partial charge on any atom is 0.212 e. The Hall–Kier alpha value is -1.44. The normalized spacial score (nSPS) is 10.2. The smallest absolute Gasteiger partial charge is 0.212 e. The molecule has 2 heterocycles. The molecule has 2 aromatic rings. The highest BCUT2D eigenvalue weighted by Gasteiger charge is 2.03. The van der Waals surface area contributed by atoms with Gasteiger partial charge in [-0.1, -0.05) is 6.07 Å². The molecule has 0 saturated carbocycles. The van der Waals surface area contributed by atoms with E-state index in [2.05, 4.69) is 37.5 Å². The SMILES string of the molecule is COc1ccc(Cc2ncc(I)c(N)n2)cn1. The zero-order valence-corrected chi connectivity index (χ0v) is 11.4. The van der Waals surface area contributed by atoms with E-state index < -0.39 is 0 Å². The monoisotopic (exact) mass is 342 g/mol. The number of halogens is 1. The van der Waals surface area contributed by atoms with Crippen LogP contribution in [-0.2, 0) is 6.42 Å². The number of anilines is 1. The van der Waals surface area contributed by atoms with Gasteiger partial charge < -0.3 is 10.5 Å². The van der Waals surface area contributed by atoms with E-state index in [4.69, 9.17) is 10.5 Å². The fourth-order valence-electron chi connectivity index (χ4n) is 1.32. The molecule has 0 fully saturated rings. The summed E-state index contributed by atoms with van der Waals surface area (Å²) in [6, 6.07) is 3.74. The number of aromatic nitrogens is 3. The Bertz CT molecular complexity index is 515. The summed E-state index contributed by atoms with van der Waals surface area (Å²) in [7, 11) is 1.59. The van der Waals surface area contributed by atoms with Gasteiger partial charge in [-0.2, -0.15) is 0 Å². The molecule has 0 aliphatic carbocycles. The summed E-state index contributed by atoms with van der Waals surface area (Å²) < 4.78 is 5.85. The number of nitrogens with zero attached hydrogens (tertiary/aromatic N) is 3. The van der Waals surface area contributed by atoms with E-state index in [1.165, 1.54) is 0 Å². The Morgan fingerprint density at radius 3 is 2.71 bits per heavy atom. The van der Waals surface area contributed by atoms with E-state index in [9.17, 15) is 0 Å². The second-order valence-corrected chi connectivity index (χ2v) is 4.57. The fourth-order valence-corrected chi connectivity index (χ4v) is 1.58. The first-order chi connectivity index (χ1) is 8.19. The lowest BCUT2D eigenvalue weighted by Crippen LogP contribution is -2.02. The molecular weight excluding hydrogens is 331 g/mol. The largest absolute Gasteiger partial charge is 0.481 e. The van der Waals surface area contributed by atoms with Crippen molar-refractivity contribution in [1.82, 2.24) is 15.0 Å². The molecule has 0 saturated heterocycles. The molecule has 2 rings (SSSR count). The molecule has 6 heteroatoms. The summed E-state index contributed by atoms with van der Waals surface area (Å²) in [6.07, 6.45) is 4.07. The quantitative estimate of drug-likeness (QED) is 0.859. The standard InChI is InChI=1S/C11H11IN4O/c1-17-10-3-2-7(5-15-10)4-9-14-6-8(12)11(13)16-9/h2-3,5-6H,4H2,1H3,(H2,13,14,16). The van der Waals surface area contributed by atoms with Crippen LogP contribution in [0.15, 0.2) is 24.5 Å². The number of hydrogen-bond acceptors (Lipinski definition) is 5. The van der Waals surface area contributed by atoms with Crippen molar-refractivity contribution in [1.29, 1.82) is 0 Å². The molecule has 88 valence electrons. The van der Waals surface area contributed by atoms with Crippen molar-refractivity contribution < 1.29 is 4.74 Å². The summed E-state index contributed by atoms with van der Waals surface area (Å²) in [5.74, 6) is 1.80. The Kier molecular flexibility index (Phi) is 3.72. The zero-order chi connectivity index (χ0) is 12.3. The molecule has 0 atom stereocenters. The van der Waals surface area contributed by atoms with Crippen molar-refractivity contribution in [3.05, 3.63) is 39.5 Å². The van der Waals surface area contributed by atoms with E-state index in [-0.39, 0.29) is 0 Å². The van der Waals surface area contributed by atoms with Gasteiger partial charge in [-0.15, -0.1) is 0 Å². The Labute approximate surface area is 113 Å². The van der Waals surface area contributed by atoms with Crippen LogP contribution < -0.4 is 10.5 Å². The summed E-state index contributed by atoms with van der Waals surface area (Å²) in [6.45, 7) is 0. The molecule has 17 heavy (non-hydrogen) atoms. The fraction of sp³-hybridized carbons (Fsp3) is 0.182. The van der Waals surface area contributed by atoms with Gasteiger partial charge >= 0.3 is 0 Å². The van der Waals surface area contributed by atoms with Crippen LogP contribution in [0.5, 0.6) is 5.88 Å². The van der Waals surface area contributed by atoms with E-state index in [0.29, 0.717) is 23.9 Å². The minimum Gasteiger partial charge on any atom is -0.481 e. The van der Waals surface area contributed by atoms with Crippen LogP contribution in [0.1, 0.15) is 11.4 Å². The molecule has 5 nitrogen and oxygen atoms in total. The second kappa shape index (κ2) is 5.26. The zero-order valence-electron chi connectivity index (χ0n) is 9.22. The van der Waals surface area contributed by atoms with Crippen molar-refractivity contribution in [3.63, 3.8) is 0 Å². The predicted molar refractivity (Wildman–Crippen MR) is 72.8 cm³/mol. The van der Waals surface area contributed by atoms with Gasteiger partial charge in [-0.3, -0.25) is 0 Å². The number of methoxy groups -OCH3 is 1. The van der Waals surface area contributed by atoms with Gasteiger partial charge in [-0.25, -0.2) is 15.0 Å². The van der Waals surface area contributed by atoms with Crippen LogP contribution in [0.4, 0.5) is 5.82 Å². The van der Waals surface area contributed by atoms with Crippen molar-refractivity contribution in [2.75, 3.05) is 12.8 Å². The van der Waals surface area contributed by atoms with Crippen molar-refractivity contribution in [2.45, 2.75) is 6.42 Å². The van der Waals surface area contributed by atoms with E-state index in [1.54, 1.807) is 19.5 Å². The van der Waals surface area contributed by atoms with Gasteiger partial charge in [0, 0.05) is 24.9 Å². The van der Waals surface area contributed by atoms with Gasteiger partial charge in [0.1, 0.15) is 11.6 Å². The molecule has 0 aliphatic heterocycles. The minimum absolute atomic E-state index is 0.511. The lowest BCUT2D eigenvalue weighted by molar-refractivity contribution is 0.397. The number of nitrogen functional groups attached to an aromatic ring is 1. The third-order valence-corrected chi connectivity index (χ3v) is 3.02. The maximum absolute atomic E-state index is 5.73. The predicted octanol–water partition coefficient (Wildman–Crippen LogP) is 1.66. The highest BCUT2D eigenvalue weighted by Crippen LogP contribution is 2.13. The lowest BCUT2D eigenvalue weighted by atomic mass is 10.2. The van der Waals surface area contributed by atoms with E-state index >= 15 is 0 Å². The molecule has 0 spiro atoms. The molecule has 0 bridgehead atoms. The van der Waals surface area contributed by atoms with E-state index in [1.807, 2.05) is 12.1 Å². The molecule has 0 amide bonds. The first kappa shape index (κ1) is 12.0. The second-order valence-electron chi connectivity index (χ2n) is 3.40. The highest BCUT2D eigenvalue weighted by atomic mass is 127. The maximum atomic E-state index is 5.73. The topological polar surface area (TPSA) is 73.9 Å². The number of rotatable bonds is 3. The van der Waals surface area contributed by atoms with Crippen molar-refractivity contribution in [2.24, 2.45) is 0 Å². The Balaban J connectivity index is 2.16. The molecule has 0 aliphatic rings. The summed E-state index contributed by atoms with van der Waals surface area (Å²) >= 11 is 2.10. The number of pyridine rings is 1. The van der Waals surface area contributed by atoms with Crippen LogP contribution >= 0.6 is 22.6 Å². The van der Waals surface area contributed by atoms with Crippen molar-refractivity contribution in [3.8, 4) is 5.88 Å². The average Bonchev–Trinajstić information content (AvgIpc) is 2.35. The van der Waals surface area contributed by atoms with Crippen LogP contribution in [0.3, 0.4) is 0 Å². The lowest BCUT2D eigenvalue weighted by Gasteiger charge is -2.03. The van der Waals surface area contributed by atoms with Gasteiger partial charge in [0.25, 0.3) is 0 Å². The third kappa shape index (κ3) is 3.02. The van der Waals surface area contributed by atoms with Gasteiger partial charge in [0.05, 0.1) is 10.7 Å². The first-order valence-corrected chi connectivity index (χ1v) is 6.02. The van der Waals surface area contributed by atoms with Crippen LogP contribution in [0.2, 0.25) is 0 Å². The van der Waals surface area contributed by atoms with Gasteiger partial charge in [0.15, 0.2) is 0 Å². The molecule has 2 aromatic heterocycles. The number of hydrogen-bond donors (Lipinski definition) is 1. The van der Waals surface area contributed by atoms with Crippen LogP contribution in [-0.4, -0.2) is 22.1 Å².